The molecule has 1 N–H and O–H groups in total. The molecule has 0 aromatic carbocycles. The number of nitrogens with one attached hydrogen (secondary N) is 1. The third kappa shape index (κ3) is 2.81. The molecule has 1 heterocycles. The summed E-state index contributed by atoms with van der Waals surface area (Å²) in [5.41, 5.74) is 1.59. The maximum atomic E-state index is 12.1. The number of nitrogens with zero attached hydrogens (tertiary/aromatic N) is 1. The van der Waals surface area contributed by atoms with Crippen LogP contribution in [-0.2, 0) is 4.74 Å². The molecule has 0 aromatic rings. The molecule has 2 aliphatic rings. The smallest absolute Gasteiger partial charge is 0.414 e. The lowest BCUT2D eigenvalue weighted by Gasteiger charge is -2.35. The number of piperazine rings is 1. The first kappa shape index (κ1) is 12.0. The highest BCUT2D eigenvalue weighted by Gasteiger charge is 2.29. The Hall–Kier alpha value is -1.45. The van der Waals surface area contributed by atoms with Crippen LogP contribution in [0.5, 0.6) is 0 Å². The van der Waals surface area contributed by atoms with Crippen molar-refractivity contribution in [1.29, 1.82) is 0 Å². The number of amides is 1. The van der Waals surface area contributed by atoms with Gasteiger partial charge >= 0.3 is 6.09 Å². The summed E-state index contributed by atoms with van der Waals surface area (Å²) in [5, 5.41) is 3.31. The summed E-state index contributed by atoms with van der Waals surface area (Å²) in [4.78, 5) is 13.8. The van der Waals surface area contributed by atoms with Crippen molar-refractivity contribution in [2.45, 2.75) is 39.2 Å². The second-order valence-corrected chi connectivity index (χ2v) is 5.34. The Morgan fingerprint density at radius 1 is 1.35 bits per heavy atom. The molecule has 0 spiro atoms. The Labute approximate surface area is 102 Å². The molecular weight excluding hydrogens is 216 g/mol. The maximum absolute atomic E-state index is 12.1. The van der Waals surface area contributed by atoms with E-state index in [-0.39, 0.29) is 6.09 Å². The van der Waals surface area contributed by atoms with E-state index in [1.54, 1.807) is 4.90 Å². The summed E-state index contributed by atoms with van der Waals surface area (Å²) < 4.78 is 5.42. The number of hydrogen-bond donors (Lipinski definition) is 1. The minimum absolute atomic E-state index is 0.252. The van der Waals surface area contributed by atoms with E-state index in [2.05, 4.69) is 17.5 Å². The van der Waals surface area contributed by atoms with E-state index < -0.39 is 5.60 Å². The molecule has 0 atom stereocenters. The summed E-state index contributed by atoms with van der Waals surface area (Å²) in [6.07, 6.45) is 6.02. The van der Waals surface area contributed by atoms with E-state index in [4.69, 9.17) is 4.74 Å². The first-order chi connectivity index (χ1) is 7.97. The number of hydrogen-bond acceptors (Lipinski definition) is 3. The minimum atomic E-state index is -0.443. The van der Waals surface area contributed by atoms with Gasteiger partial charge in [0.1, 0.15) is 5.60 Å². The molecule has 1 amide bonds. The molecule has 0 saturated carbocycles. The zero-order valence-electron chi connectivity index (χ0n) is 10.7. The highest BCUT2D eigenvalue weighted by molar-refractivity contribution is 5.72. The van der Waals surface area contributed by atoms with Crippen molar-refractivity contribution in [1.82, 2.24) is 10.2 Å². The Balaban J connectivity index is 2.12. The van der Waals surface area contributed by atoms with Gasteiger partial charge in [-0.25, -0.2) is 4.79 Å². The van der Waals surface area contributed by atoms with Gasteiger partial charge in [0.15, 0.2) is 0 Å². The Kier molecular flexibility index (Phi) is 3.13. The fourth-order valence-corrected chi connectivity index (χ4v) is 2.01. The highest BCUT2D eigenvalue weighted by atomic mass is 16.6. The van der Waals surface area contributed by atoms with Gasteiger partial charge < -0.3 is 10.1 Å². The highest BCUT2D eigenvalue weighted by Crippen LogP contribution is 2.24. The summed E-state index contributed by atoms with van der Waals surface area (Å²) in [6.45, 7) is 7.11. The summed E-state index contributed by atoms with van der Waals surface area (Å²) in [7, 11) is 0. The molecule has 4 heteroatoms. The first-order valence-electron chi connectivity index (χ1n) is 6.12. The van der Waals surface area contributed by atoms with Gasteiger partial charge in [0.2, 0.25) is 0 Å². The third-order valence-electron chi connectivity index (χ3n) is 2.68. The van der Waals surface area contributed by atoms with Crippen molar-refractivity contribution in [2.75, 3.05) is 13.1 Å². The van der Waals surface area contributed by atoms with Crippen LogP contribution in [0, 0.1) is 0 Å². The molecule has 0 unspecified atom stereocenters. The van der Waals surface area contributed by atoms with Crippen LogP contribution in [0.1, 0.15) is 33.6 Å². The lowest BCUT2D eigenvalue weighted by Crippen LogP contribution is -2.46. The monoisotopic (exact) mass is 236 g/mol. The van der Waals surface area contributed by atoms with E-state index in [0.29, 0.717) is 6.54 Å². The summed E-state index contributed by atoms with van der Waals surface area (Å²) >= 11 is 0. The largest absolute Gasteiger partial charge is 0.443 e. The van der Waals surface area contributed by atoms with Crippen LogP contribution in [0.15, 0.2) is 23.5 Å². The molecule has 1 aliphatic carbocycles. The average Bonchev–Trinajstić information content (AvgIpc) is 2.26. The molecule has 1 aliphatic heterocycles. The van der Waals surface area contributed by atoms with Crippen molar-refractivity contribution in [3.05, 3.63) is 23.5 Å². The predicted molar refractivity (Wildman–Crippen MR) is 66.3 cm³/mol. The van der Waals surface area contributed by atoms with Gasteiger partial charge in [0.05, 0.1) is 11.4 Å². The number of carbonyl (C=O) groups is 1. The van der Waals surface area contributed by atoms with Crippen LogP contribution in [-0.4, -0.2) is 29.7 Å². The van der Waals surface area contributed by atoms with E-state index in [1.807, 2.05) is 20.8 Å². The molecule has 0 aromatic heterocycles. The molecule has 94 valence electrons. The predicted octanol–water partition coefficient (Wildman–Crippen LogP) is 2.39. The van der Waals surface area contributed by atoms with Gasteiger partial charge in [0, 0.05) is 13.1 Å². The van der Waals surface area contributed by atoms with E-state index in [0.717, 1.165) is 30.8 Å². The first-order valence-corrected chi connectivity index (χ1v) is 6.12. The van der Waals surface area contributed by atoms with Gasteiger partial charge in [-0.1, -0.05) is 12.2 Å². The van der Waals surface area contributed by atoms with Crippen molar-refractivity contribution in [2.24, 2.45) is 0 Å². The Morgan fingerprint density at radius 3 is 2.76 bits per heavy atom. The van der Waals surface area contributed by atoms with Gasteiger partial charge in [-0.3, -0.25) is 4.90 Å². The van der Waals surface area contributed by atoms with Crippen LogP contribution in [0.2, 0.25) is 0 Å². The molecular formula is C13H20N2O2. The van der Waals surface area contributed by atoms with Crippen LogP contribution in [0.4, 0.5) is 4.79 Å². The number of ether oxygens (including phenoxy) is 1. The minimum Gasteiger partial charge on any atom is -0.443 e. The van der Waals surface area contributed by atoms with Crippen LogP contribution >= 0.6 is 0 Å². The molecule has 4 nitrogen and oxygen atoms in total. The molecule has 1 fully saturated rings. The zero-order valence-corrected chi connectivity index (χ0v) is 10.7. The van der Waals surface area contributed by atoms with Gasteiger partial charge in [-0.05, 0) is 33.6 Å². The summed E-state index contributed by atoms with van der Waals surface area (Å²) in [6, 6.07) is 0. The maximum Gasteiger partial charge on any atom is 0.414 e. The SMILES string of the molecule is CC(C)(C)OC(=O)N1CCNC2=CCCC=C21. The number of carbonyl (C=O) groups excluding carboxylic acids is 1. The topological polar surface area (TPSA) is 41.6 Å². The van der Waals surface area contributed by atoms with Gasteiger partial charge in [-0.15, -0.1) is 0 Å². The fourth-order valence-electron chi connectivity index (χ4n) is 2.01. The van der Waals surface area contributed by atoms with E-state index in [1.165, 1.54) is 0 Å². The fraction of sp³-hybridized carbons (Fsp3) is 0.615. The van der Waals surface area contributed by atoms with Crippen molar-refractivity contribution in [3.8, 4) is 0 Å². The van der Waals surface area contributed by atoms with Crippen molar-refractivity contribution in [3.63, 3.8) is 0 Å². The number of allylic oxidation sites excluding steroid dienone is 2. The lowest BCUT2D eigenvalue weighted by atomic mass is 10.1. The second-order valence-electron chi connectivity index (χ2n) is 5.34. The number of rotatable bonds is 0. The van der Waals surface area contributed by atoms with E-state index >= 15 is 0 Å². The Bertz CT molecular complexity index is 377. The normalized spacial score (nSPS) is 19.8. The van der Waals surface area contributed by atoms with Crippen LogP contribution < -0.4 is 5.32 Å². The third-order valence-corrected chi connectivity index (χ3v) is 2.68. The lowest BCUT2D eigenvalue weighted by molar-refractivity contribution is 0.0305. The molecule has 2 rings (SSSR count). The van der Waals surface area contributed by atoms with Crippen LogP contribution in [0.3, 0.4) is 0 Å². The van der Waals surface area contributed by atoms with Gasteiger partial charge in [0.25, 0.3) is 0 Å². The molecule has 17 heavy (non-hydrogen) atoms. The molecule has 0 radical (unpaired) electrons. The van der Waals surface area contributed by atoms with Gasteiger partial charge in [-0.2, -0.15) is 0 Å². The van der Waals surface area contributed by atoms with Crippen molar-refractivity contribution < 1.29 is 9.53 Å². The Morgan fingerprint density at radius 2 is 2.06 bits per heavy atom. The standard InChI is InChI=1S/C13H20N2O2/c1-13(2,3)17-12(16)15-9-8-14-10-6-4-5-7-11(10)15/h6-7,14H,4-5,8-9H2,1-3H3. The number of fused-ring (bicyclic) bond motifs is 1. The molecule has 1 saturated heterocycles. The van der Waals surface area contributed by atoms with Crippen LogP contribution in [0.25, 0.3) is 0 Å². The second kappa shape index (κ2) is 4.43. The van der Waals surface area contributed by atoms with E-state index in [9.17, 15) is 4.79 Å². The molecule has 0 bridgehead atoms. The quantitative estimate of drug-likeness (QED) is 0.702. The summed E-state index contributed by atoms with van der Waals surface area (Å²) in [5.74, 6) is 0. The van der Waals surface area contributed by atoms with Crippen molar-refractivity contribution >= 4 is 6.09 Å². The average molecular weight is 236 g/mol. The zero-order chi connectivity index (χ0) is 12.5.